The minimum Gasteiger partial charge on any atom is -0.508 e. The summed E-state index contributed by atoms with van der Waals surface area (Å²) in [5.74, 6) is -8.03. The molecule has 774 valence electrons. The minimum absolute atomic E-state index is 0. The van der Waals surface area contributed by atoms with E-state index in [9.17, 15) is 72.9 Å². The molecule has 6 heterocycles. The van der Waals surface area contributed by atoms with Crippen LogP contribution in [0.1, 0.15) is 216 Å². The molecule has 8 bridgehead atoms. The zero-order chi connectivity index (χ0) is 100. The van der Waals surface area contributed by atoms with Gasteiger partial charge in [-0.05, 0) is 173 Å². The third kappa shape index (κ3) is 36.5. The summed E-state index contributed by atoms with van der Waals surface area (Å²) >= 11 is 0. The number of amides is 9. The molecule has 12 N–H and O–H groups in total. The number of aromatic hydroxyl groups is 3. The summed E-state index contributed by atoms with van der Waals surface area (Å²) in [4.78, 5) is 163. The summed E-state index contributed by atoms with van der Waals surface area (Å²) in [7, 11) is 6.26. The van der Waals surface area contributed by atoms with Crippen molar-refractivity contribution in [1.82, 2.24) is 63.2 Å². The van der Waals surface area contributed by atoms with Crippen molar-refractivity contribution < 1.29 is 106 Å². The molecule has 140 heavy (non-hydrogen) atoms. The van der Waals surface area contributed by atoms with Crippen LogP contribution in [-0.4, -0.2) is 241 Å². The maximum atomic E-state index is 14.0. The molecule has 3 fully saturated rings. The number of carbonyl (C=O) groups is 12. The molecular formula is C106H158N12O22. The van der Waals surface area contributed by atoms with E-state index in [0.29, 0.717) is 113 Å². The average Bonchev–Trinajstić information content (AvgIpc) is 0.826. The number of phenolic OH excluding ortho intramolecular Hbond substituents is 3. The first-order chi connectivity index (χ1) is 65.4. The number of methoxy groups -OCH3 is 4. The van der Waals surface area contributed by atoms with Gasteiger partial charge in [-0.1, -0.05) is 207 Å². The molecule has 6 aliphatic rings. The van der Waals surface area contributed by atoms with Crippen LogP contribution in [0.4, 0.5) is 0 Å². The smallest absolute Gasteiger partial charge is 0.325 e. The first kappa shape index (κ1) is 119. The van der Waals surface area contributed by atoms with Crippen LogP contribution in [0.5, 0.6) is 17.2 Å². The van der Waals surface area contributed by atoms with E-state index < -0.39 is 150 Å². The highest BCUT2D eigenvalue weighted by Gasteiger charge is 2.43. The van der Waals surface area contributed by atoms with Gasteiger partial charge in [0.1, 0.15) is 83.8 Å². The van der Waals surface area contributed by atoms with Crippen molar-refractivity contribution in [2.45, 2.75) is 293 Å². The highest BCUT2D eigenvalue weighted by atomic mass is 16.6. The first-order valence-electron chi connectivity index (χ1n) is 47.9. The molecule has 0 saturated carbocycles. The monoisotopic (exact) mass is 1950 g/mol. The lowest BCUT2D eigenvalue weighted by molar-refractivity contribution is -0.158. The molecule has 0 unspecified atom stereocenters. The SMILES string of the molecule is C.C.C.CO[C@@H]1CC/C=C/C=C/CCOC(=O)[C@@H]2CCCN(N2)C(=O)[C@H](Cc2cccc(O)c2)NC(=O)[C@H](C(C)C)NC(=O)[C@@H]1C.CO[C@@H]1CC/C=C/c2cccc(c2)[C@@H](C)OC(=O)[C@@H]2CCCN(N2)C(=O)[C@H](Cc2cccc(O)c2)NC(=O)[C@H](C(C)C)NC(=O)[C@@H]1C.CO[C@@H]1[C@@H](C)[C@@H](OC)/C=C/C=C/C[C@@H](C)OC(=O)[C@@H]2CCCN(N2)C(=O)[C@H](Cc2cccc(O)c2)NC(=O)[C@H](C(C)C)NC(=O)[C@@H]1C. The lowest BCUT2D eigenvalue weighted by Gasteiger charge is -2.36. The minimum atomic E-state index is -1.06. The van der Waals surface area contributed by atoms with Crippen molar-refractivity contribution in [3.05, 3.63) is 180 Å². The Labute approximate surface area is 827 Å². The maximum absolute atomic E-state index is 14.0. The summed E-state index contributed by atoms with van der Waals surface area (Å²) in [5, 5.41) is 51.4. The number of benzene rings is 4. The summed E-state index contributed by atoms with van der Waals surface area (Å²) < 4.78 is 39.8. The summed E-state index contributed by atoms with van der Waals surface area (Å²) in [6.45, 7) is 22.9. The molecular weight excluding hydrogens is 1790 g/mol. The Morgan fingerprint density at radius 1 is 0.407 bits per heavy atom. The van der Waals surface area contributed by atoms with Crippen LogP contribution in [0.2, 0.25) is 0 Å². The predicted molar refractivity (Wildman–Crippen MR) is 536 cm³/mol. The lowest BCUT2D eigenvalue weighted by Crippen LogP contribution is -2.62. The average molecular weight is 1950 g/mol. The van der Waals surface area contributed by atoms with Crippen molar-refractivity contribution in [1.29, 1.82) is 0 Å². The van der Waals surface area contributed by atoms with Crippen molar-refractivity contribution in [3.8, 4) is 17.2 Å². The van der Waals surface area contributed by atoms with E-state index in [2.05, 4.69) is 48.2 Å². The molecule has 0 spiro atoms. The second-order valence-electron chi connectivity index (χ2n) is 37.0. The van der Waals surface area contributed by atoms with Crippen molar-refractivity contribution >= 4 is 77.1 Å². The number of fused-ring (bicyclic) bond motifs is 8. The molecule has 6 aliphatic heterocycles. The van der Waals surface area contributed by atoms with Gasteiger partial charge in [0.05, 0.1) is 48.8 Å². The van der Waals surface area contributed by atoms with Crippen LogP contribution in [0.15, 0.2) is 152 Å². The third-order valence-electron chi connectivity index (χ3n) is 25.3. The highest BCUT2D eigenvalue weighted by Crippen LogP contribution is 2.29. The topological polar surface area (TPSA) is 448 Å². The van der Waals surface area contributed by atoms with Crippen molar-refractivity contribution in [2.24, 2.45) is 41.4 Å². The van der Waals surface area contributed by atoms with E-state index in [1.807, 2.05) is 140 Å². The number of cyclic esters (lactones) is 3. The van der Waals surface area contributed by atoms with Crippen molar-refractivity contribution in [2.75, 3.05) is 54.7 Å². The van der Waals surface area contributed by atoms with Gasteiger partial charge in [0.15, 0.2) is 0 Å². The Kier molecular flexibility index (Phi) is 50.8. The van der Waals surface area contributed by atoms with E-state index in [1.165, 1.54) is 58.5 Å². The van der Waals surface area contributed by atoms with Crippen LogP contribution in [-0.2, 0) is 110 Å². The molecule has 10 rings (SSSR count). The summed E-state index contributed by atoms with van der Waals surface area (Å²) in [5.41, 5.74) is 12.7. The lowest BCUT2D eigenvalue weighted by atomic mass is 9.87. The molecule has 19 atom stereocenters. The molecule has 0 radical (unpaired) electrons. The zero-order valence-corrected chi connectivity index (χ0v) is 82.1. The Morgan fingerprint density at radius 3 is 1.19 bits per heavy atom. The summed E-state index contributed by atoms with van der Waals surface area (Å²) in [6.07, 6.45) is 23.5. The van der Waals surface area contributed by atoms with Gasteiger partial charge in [0, 0.05) is 79.7 Å². The number of allylic oxidation sites excluding steroid dienone is 6. The number of hydrazine groups is 3. The van der Waals surface area contributed by atoms with E-state index in [0.717, 1.165) is 11.1 Å². The van der Waals surface area contributed by atoms with Crippen LogP contribution in [0.25, 0.3) is 6.08 Å². The standard InChI is InChI=1S/C36H48N4O7.C35H52N4O8.C32H46N4O7.3CH4/c1-22(2)32-34(43)37-30(21-26-13-9-15-28(41)20-26)35(44)40-18-10-16-29(39-40)36(45)47-24(4)27-14-8-12-25(19-27)11-6-7-17-31(46-5)23(3)33(42)38-32;1-21(2)30-33(42)36-28(20-25-14-11-15-26(40)19-25)34(43)39-18-12-16-27(38-39)35(44)47-22(3)13-9-8-10-17-29(45-6)23(4)31(46-7)24(5)32(41)37-30;1-21(2)28-30(39)33-26(20-23-13-11-14-24(37)19-23)31(40)36-17-12-15-25(35-36)32(41)43-18-10-8-6-5-7-9-16-27(42-4)22(3)29(38)34-28;;;/h6,8-9,11-15,19-20,22-24,29-32,39,41H,7,10,16-18,21H2,1-5H3,(H,37,43)(H,38,42);8-11,14-15,17,19,21-24,27-31,38,40H,12-13,16,18,20H2,1-7H3,(H,36,42)(H,37,41);5-8,11,13-14,19,21-22,25-28,35,37H,9-10,12,15-18,20H2,1-4H3,(H,33,39)(H,34,38);3*1H4/b11-6+;9-8+,17-10+;7-5+,8-6+;;;/t23-,24-,29+,30+,31-,32+;22-,23+,24-,27+,28+,29+,30+,31-;22-,25+,26+,27-,28+;;;/m111.../s1. The van der Waals surface area contributed by atoms with Crippen LogP contribution >= 0.6 is 0 Å². The first-order valence-corrected chi connectivity index (χ1v) is 47.9. The Morgan fingerprint density at radius 2 is 0.793 bits per heavy atom. The van der Waals surface area contributed by atoms with E-state index in [1.54, 1.807) is 85.4 Å². The normalized spacial score (nSPS) is 28.8. The molecule has 0 aromatic heterocycles. The number of phenols is 3. The van der Waals surface area contributed by atoms with Gasteiger partial charge in [-0.2, -0.15) is 0 Å². The fourth-order valence-corrected chi connectivity index (χ4v) is 17.2. The molecule has 4 aromatic carbocycles. The highest BCUT2D eigenvalue weighted by molar-refractivity contribution is 5.96. The quantitative estimate of drug-likeness (QED) is 0.0437. The van der Waals surface area contributed by atoms with Crippen LogP contribution < -0.4 is 48.2 Å². The fourth-order valence-electron chi connectivity index (χ4n) is 17.2. The Bertz CT molecular complexity index is 4830. The Balaban J connectivity index is 0.000000367. The molecule has 4 aromatic rings. The zero-order valence-electron chi connectivity index (χ0n) is 82.1. The molecule has 9 amide bonds. The van der Waals surface area contributed by atoms with Gasteiger partial charge in [-0.15, -0.1) is 0 Å². The number of hydrogen-bond donors (Lipinski definition) is 12. The number of nitrogens with zero attached hydrogens (tertiary/aromatic N) is 3. The molecule has 34 nitrogen and oxygen atoms in total. The number of carbonyl (C=O) groups excluding carboxylic acids is 12. The molecule has 3 saturated heterocycles. The fraction of sp³-hybridized carbons (Fsp3) is 0.566. The van der Waals surface area contributed by atoms with Crippen LogP contribution in [0, 0.1) is 41.4 Å². The third-order valence-corrected chi connectivity index (χ3v) is 25.3. The van der Waals surface area contributed by atoms with Crippen LogP contribution in [0.3, 0.4) is 0 Å². The number of esters is 3. The van der Waals surface area contributed by atoms with Crippen molar-refractivity contribution in [3.63, 3.8) is 0 Å². The number of rotatable bonds is 13. The van der Waals surface area contributed by atoms with Gasteiger partial charge in [0.2, 0.25) is 35.4 Å². The maximum Gasteiger partial charge on any atom is 0.325 e. The second-order valence-corrected chi connectivity index (χ2v) is 37.0. The van der Waals surface area contributed by atoms with Gasteiger partial charge in [-0.3, -0.25) is 72.6 Å². The molecule has 34 heteroatoms. The summed E-state index contributed by atoms with van der Waals surface area (Å²) in [6, 6.07) is 19.0. The predicted octanol–water partition coefficient (Wildman–Crippen LogP) is 11.1. The number of ether oxygens (including phenoxy) is 7. The van der Waals surface area contributed by atoms with Gasteiger partial charge in [0.25, 0.3) is 17.7 Å². The van der Waals surface area contributed by atoms with Gasteiger partial charge < -0.3 is 80.4 Å². The van der Waals surface area contributed by atoms with E-state index in [4.69, 9.17) is 33.2 Å². The number of hydrogen-bond acceptors (Lipinski definition) is 25. The van der Waals surface area contributed by atoms with E-state index >= 15 is 0 Å². The number of nitrogens with one attached hydrogen (secondary N) is 9. The van der Waals surface area contributed by atoms with E-state index in [-0.39, 0.29) is 119 Å². The Hall–Kier alpha value is -11.7. The molecule has 0 aliphatic carbocycles. The van der Waals surface area contributed by atoms with Gasteiger partial charge in [-0.25, -0.2) is 16.3 Å². The second kappa shape index (κ2) is 59.8. The van der Waals surface area contributed by atoms with Gasteiger partial charge >= 0.3 is 17.9 Å². The largest absolute Gasteiger partial charge is 0.508 e.